The van der Waals surface area contributed by atoms with Gasteiger partial charge in [0.1, 0.15) is 12.0 Å². The highest BCUT2D eigenvalue weighted by molar-refractivity contribution is 9.11. The van der Waals surface area contributed by atoms with Gasteiger partial charge < -0.3 is 34.7 Å². The van der Waals surface area contributed by atoms with Gasteiger partial charge in [-0.15, -0.1) is 0 Å². The van der Waals surface area contributed by atoms with Gasteiger partial charge in [-0.05, 0) is 113 Å². The molecule has 4 amide bonds. The van der Waals surface area contributed by atoms with Gasteiger partial charge >= 0.3 is 12.1 Å². The zero-order valence-electron chi connectivity index (χ0n) is 26.3. The summed E-state index contributed by atoms with van der Waals surface area (Å²) in [6.45, 7) is 3.38. The quantitative estimate of drug-likeness (QED) is 0.373. The number of aldehydes is 1. The predicted molar refractivity (Wildman–Crippen MR) is 183 cm³/mol. The maximum Gasteiger partial charge on any atom is 0.410 e. The molecule has 252 valence electrons. The number of rotatable bonds is 7. The number of hydrogen-bond acceptors (Lipinski definition) is 7. The van der Waals surface area contributed by atoms with Crippen molar-refractivity contribution < 1.29 is 29.0 Å². The predicted octanol–water partition coefficient (Wildman–Crippen LogP) is 5.17. The van der Waals surface area contributed by atoms with Gasteiger partial charge in [-0.2, -0.15) is 0 Å². The minimum atomic E-state index is -1.05. The number of carbonyl (C=O) groups excluding carboxylic acids is 4. The largest absolute Gasteiger partial charge is 0.506 e. The van der Waals surface area contributed by atoms with Crippen molar-refractivity contribution in [3.05, 3.63) is 56.5 Å². The summed E-state index contributed by atoms with van der Waals surface area (Å²) >= 11 is 6.73. The molecule has 6 rings (SSSR count). The zero-order valence-corrected chi connectivity index (χ0v) is 29.5. The molecule has 2 atom stereocenters. The van der Waals surface area contributed by atoms with Gasteiger partial charge in [-0.25, -0.2) is 9.59 Å². The Balaban J connectivity index is 1.09. The van der Waals surface area contributed by atoms with Crippen LogP contribution in [0.4, 0.5) is 15.3 Å². The lowest BCUT2D eigenvalue weighted by Crippen LogP contribution is -2.53. The number of nitrogens with one attached hydrogen (secondary N) is 1. The van der Waals surface area contributed by atoms with Crippen molar-refractivity contribution in [3.63, 3.8) is 0 Å². The molecule has 0 saturated carbocycles. The Kier molecular flexibility index (Phi) is 10.7. The summed E-state index contributed by atoms with van der Waals surface area (Å²) in [5.41, 5.74) is 2.67. The molecule has 2 aromatic carbocycles. The molecule has 2 N–H and O–H groups in total. The number of phenols is 1. The Hall–Kier alpha value is -3.16. The molecule has 47 heavy (non-hydrogen) atoms. The number of anilines is 1. The SMILES string of the molecule is O=C[C@@H]1CCCN1C1CCN(C(=O)[C@@H](Cc2cc(Br)c(O)c(Br)c2)OC(=O)N2CCC(N3CCc4ccccc4NC3=O)CC2)CC1. The summed E-state index contributed by atoms with van der Waals surface area (Å²) in [4.78, 5) is 59.7. The zero-order chi connectivity index (χ0) is 33.1. The van der Waals surface area contributed by atoms with Crippen LogP contribution in [0.5, 0.6) is 5.75 Å². The number of fused-ring (bicyclic) bond motifs is 1. The molecule has 0 bridgehead atoms. The Bertz CT molecular complexity index is 1470. The van der Waals surface area contributed by atoms with Gasteiger partial charge in [0.25, 0.3) is 5.91 Å². The minimum Gasteiger partial charge on any atom is -0.506 e. The van der Waals surface area contributed by atoms with Crippen LogP contribution in [0.3, 0.4) is 0 Å². The highest BCUT2D eigenvalue weighted by atomic mass is 79.9. The second-order valence-electron chi connectivity index (χ2n) is 12.9. The number of aromatic hydroxyl groups is 1. The number of nitrogens with zero attached hydrogens (tertiary/aromatic N) is 4. The number of urea groups is 1. The molecule has 0 radical (unpaired) electrons. The summed E-state index contributed by atoms with van der Waals surface area (Å²) in [7, 11) is 0. The van der Waals surface area contributed by atoms with E-state index in [0.717, 1.165) is 61.7 Å². The number of piperidine rings is 2. The molecule has 13 heteroatoms. The number of likely N-dealkylation sites (tertiary alicyclic amines) is 3. The molecule has 3 fully saturated rings. The third-order valence-electron chi connectivity index (χ3n) is 10.1. The summed E-state index contributed by atoms with van der Waals surface area (Å²) in [6, 6.07) is 11.4. The van der Waals surface area contributed by atoms with Crippen molar-refractivity contribution in [2.45, 2.75) is 75.6 Å². The highest BCUT2D eigenvalue weighted by Crippen LogP contribution is 2.34. The van der Waals surface area contributed by atoms with E-state index in [0.29, 0.717) is 54.5 Å². The molecular formula is C34H41Br2N5O6. The molecular weight excluding hydrogens is 734 g/mol. The fourth-order valence-corrected chi connectivity index (χ4v) is 8.74. The summed E-state index contributed by atoms with van der Waals surface area (Å²) in [5.74, 6) is -0.197. The average Bonchev–Trinajstić information content (AvgIpc) is 3.50. The maximum absolute atomic E-state index is 14.0. The standard InChI is InChI=1S/C34H41Br2N5O6/c35-27-18-22(19-28(36)31(27)43)20-30(32(44)38-13-8-24(9-14-38)40-12-3-5-26(40)21-42)47-34(46)39-15-10-25(11-16-39)41-17-7-23-4-1-2-6-29(23)37-33(41)45/h1-2,4,6,18-19,21,24-26,30,43H,3,5,7-17,20H2,(H,37,45)/t26-,30+/m0/s1. The molecule has 3 saturated heterocycles. The first kappa shape index (κ1) is 33.7. The monoisotopic (exact) mass is 773 g/mol. The van der Waals surface area contributed by atoms with Crippen LogP contribution in [0.2, 0.25) is 0 Å². The van der Waals surface area contributed by atoms with Crippen LogP contribution in [0.25, 0.3) is 0 Å². The van der Waals surface area contributed by atoms with Crippen molar-refractivity contribution in [1.29, 1.82) is 0 Å². The first-order chi connectivity index (χ1) is 22.7. The lowest BCUT2D eigenvalue weighted by molar-refractivity contribution is -0.142. The van der Waals surface area contributed by atoms with Crippen LogP contribution in [-0.4, -0.2) is 113 Å². The van der Waals surface area contributed by atoms with Crippen molar-refractivity contribution >= 4 is 61.9 Å². The molecule has 0 spiro atoms. The van der Waals surface area contributed by atoms with Crippen LogP contribution in [-0.2, 0) is 27.2 Å². The van der Waals surface area contributed by atoms with Crippen LogP contribution >= 0.6 is 31.9 Å². The van der Waals surface area contributed by atoms with E-state index in [9.17, 15) is 24.3 Å². The normalized spacial score (nSPS) is 22.0. The van der Waals surface area contributed by atoms with Crippen LogP contribution in [0.1, 0.15) is 49.7 Å². The number of hydrogen-bond donors (Lipinski definition) is 2. The summed E-state index contributed by atoms with van der Waals surface area (Å²) in [6.07, 6.45) is 4.98. The van der Waals surface area contributed by atoms with E-state index >= 15 is 0 Å². The summed E-state index contributed by atoms with van der Waals surface area (Å²) < 4.78 is 6.94. The number of ether oxygens (including phenoxy) is 1. The molecule has 4 aliphatic heterocycles. The third kappa shape index (κ3) is 7.62. The second-order valence-corrected chi connectivity index (χ2v) is 14.6. The van der Waals surface area contributed by atoms with Gasteiger partial charge in [0.2, 0.25) is 0 Å². The minimum absolute atomic E-state index is 0.00629. The molecule has 0 aromatic heterocycles. The Labute approximate surface area is 291 Å². The fraction of sp³-hybridized carbons (Fsp3) is 0.529. The van der Waals surface area contributed by atoms with Gasteiger partial charge in [-0.1, -0.05) is 18.2 Å². The van der Waals surface area contributed by atoms with E-state index in [-0.39, 0.29) is 42.2 Å². The van der Waals surface area contributed by atoms with E-state index in [4.69, 9.17) is 4.74 Å². The van der Waals surface area contributed by atoms with Crippen LogP contribution in [0, 0.1) is 0 Å². The average molecular weight is 776 g/mol. The second kappa shape index (κ2) is 14.9. The van der Waals surface area contributed by atoms with Crippen LogP contribution in [0.15, 0.2) is 45.3 Å². The smallest absolute Gasteiger partial charge is 0.410 e. The van der Waals surface area contributed by atoms with Gasteiger partial charge in [-0.3, -0.25) is 9.69 Å². The number of phenolic OH excluding ortho intramolecular Hbond substituents is 1. The van der Waals surface area contributed by atoms with E-state index in [1.807, 2.05) is 29.2 Å². The van der Waals surface area contributed by atoms with Crippen molar-refractivity contribution in [3.8, 4) is 5.75 Å². The molecule has 0 aliphatic carbocycles. The van der Waals surface area contributed by atoms with Gasteiger partial charge in [0, 0.05) is 56.9 Å². The third-order valence-corrected chi connectivity index (χ3v) is 11.3. The van der Waals surface area contributed by atoms with E-state index in [1.54, 1.807) is 21.9 Å². The Morgan fingerprint density at radius 3 is 2.30 bits per heavy atom. The van der Waals surface area contributed by atoms with E-state index in [1.165, 1.54) is 0 Å². The molecule has 0 unspecified atom stereocenters. The number of carbonyl (C=O) groups is 4. The molecule has 4 aliphatic rings. The first-order valence-corrected chi connectivity index (χ1v) is 18.1. The highest BCUT2D eigenvalue weighted by Gasteiger charge is 2.38. The Morgan fingerprint density at radius 1 is 0.936 bits per heavy atom. The lowest BCUT2D eigenvalue weighted by atomic mass is 10.0. The van der Waals surface area contributed by atoms with Gasteiger partial charge in [0.05, 0.1) is 15.0 Å². The first-order valence-electron chi connectivity index (χ1n) is 16.5. The number of halogens is 2. The fourth-order valence-electron chi connectivity index (χ4n) is 7.46. The van der Waals surface area contributed by atoms with Crippen LogP contribution < -0.4 is 5.32 Å². The molecule has 2 aromatic rings. The van der Waals surface area contributed by atoms with Gasteiger partial charge in [0.15, 0.2) is 6.10 Å². The molecule has 4 heterocycles. The molecule has 11 nitrogen and oxygen atoms in total. The lowest BCUT2D eigenvalue weighted by Gasteiger charge is -2.40. The van der Waals surface area contributed by atoms with E-state index in [2.05, 4.69) is 42.1 Å². The van der Waals surface area contributed by atoms with Crippen molar-refractivity contribution in [1.82, 2.24) is 19.6 Å². The number of para-hydroxylation sites is 1. The van der Waals surface area contributed by atoms with Crippen molar-refractivity contribution in [2.24, 2.45) is 0 Å². The number of benzene rings is 2. The van der Waals surface area contributed by atoms with Crippen molar-refractivity contribution in [2.75, 3.05) is 44.6 Å². The Morgan fingerprint density at radius 2 is 1.60 bits per heavy atom. The number of amides is 4. The summed E-state index contributed by atoms with van der Waals surface area (Å²) in [5, 5.41) is 13.3. The van der Waals surface area contributed by atoms with E-state index < -0.39 is 12.2 Å². The maximum atomic E-state index is 14.0. The topological polar surface area (TPSA) is 123 Å².